The van der Waals surface area contributed by atoms with Gasteiger partial charge in [0.2, 0.25) is 5.95 Å². The largest absolute Gasteiger partial charge is 0.384 e. The van der Waals surface area contributed by atoms with E-state index in [0.717, 1.165) is 42.4 Å². The van der Waals surface area contributed by atoms with Crippen molar-refractivity contribution in [2.45, 2.75) is 39.7 Å². The highest BCUT2D eigenvalue weighted by Crippen LogP contribution is 2.34. The lowest BCUT2D eigenvalue weighted by Crippen LogP contribution is -2.26. The zero-order valence-corrected chi connectivity index (χ0v) is 12.7. The topological polar surface area (TPSA) is 80.8 Å². The first kappa shape index (κ1) is 13.7. The summed E-state index contributed by atoms with van der Waals surface area (Å²) >= 11 is 0. The molecule has 0 bridgehead atoms. The van der Waals surface area contributed by atoms with Crippen LogP contribution in [-0.2, 0) is 0 Å². The molecule has 2 N–H and O–H groups in total. The van der Waals surface area contributed by atoms with Gasteiger partial charge in [0.25, 0.3) is 0 Å². The molecule has 0 spiro atoms. The zero-order chi connectivity index (χ0) is 15.0. The van der Waals surface area contributed by atoms with E-state index in [1.54, 1.807) is 0 Å². The fraction of sp³-hybridized carbons (Fsp3) is 0.467. The van der Waals surface area contributed by atoms with Crippen LogP contribution in [0.1, 0.15) is 41.8 Å². The van der Waals surface area contributed by atoms with Gasteiger partial charge < -0.3 is 10.6 Å². The maximum absolute atomic E-state index is 5.86. The van der Waals surface area contributed by atoms with Crippen LogP contribution in [0.2, 0.25) is 0 Å². The lowest BCUT2D eigenvalue weighted by atomic mass is 10.1. The Hall–Kier alpha value is -2.24. The predicted molar refractivity (Wildman–Crippen MR) is 82.0 cm³/mol. The highest BCUT2D eigenvalue weighted by atomic mass is 15.3. The lowest BCUT2D eigenvalue weighted by Gasteiger charge is -2.25. The molecule has 2 aromatic rings. The molecule has 1 saturated heterocycles. The molecule has 110 valence electrons. The molecule has 0 radical (unpaired) electrons. The Morgan fingerprint density at radius 1 is 1.05 bits per heavy atom. The Bertz CT molecular complexity index is 571. The summed E-state index contributed by atoms with van der Waals surface area (Å²) in [5.41, 5.74) is 8.79. The number of nitrogens with zero attached hydrogens (tertiary/aromatic N) is 5. The summed E-state index contributed by atoms with van der Waals surface area (Å²) < 4.78 is 0. The highest BCUT2D eigenvalue weighted by molar-refractivity contribution is 5.40. The average Bonchev–Trinajstić information content (AvgIpc) is 2.85. The molecule has 6 nitrogen and oxygen atoms in total. The van der Waals surface area contributed by atoms with Crippen molar-refractivity contribution in [3.05, 3.63) is 35.0 Å². The van der Waals surface area contributed by atoms with Crippen LogP contribution in [0.15, 0.2) is 12.1 Å². The van der Waals surface area contributed by atoms with Crippen LogP contribution in [0.3, 0.4) is 0 Å². The average molecular weight is 284 g/mol. The van der Waals surface area contributed by atoms with Crippen LogP contribution in [-0.4, -0.2) is 26.5 Å². The normalized spacial score (nSPS) is 18.2. The summed E-state index contributed by atoms with van der Waals surface area (Å²) in [5, 5.41) is 0. The molecule has 1 fully saturated rings. The standard InChI is InChI=1S/C15H20N6/c1-9-7-10(2)18-15(17-9)21-6-4-5-13(21)12-8-14(16)20-11(3)19-12/h7-8,13H,4-6H2,1-3H3,(H2,16,19,20)/t13-/m0/s1. The van der Waals surface area contributed by atoms with E-state index in [2.05, 4.69) is 24.8 Å². The summed E-state index contributed by atoms with van der Waals surface area (Å²) in [7, 11) is 0. The van der Waals surface area contributed by atoms with Crippen LogP contribution >= 0.6 is 0 Å². The van der Waals surface area contributed by atoms with Gasteiger partial charge in [0, 0.05) is 24.0 Å². The van der Waals surface area contributed by atoms with Crippen LogP contribution in [0.4, 0.5) is 11.8 Å². The number of rotatable bonds is 2. The molecule has 1 atom stereocenters. The molecular weight excluding hydrogens is 264 g/mol. The van der Waals surface area contributed by atoms with E-state index >= 15 is 0 Å². The van der Waals surface area contributed by atoms with Crippen molar-refractivity contribution in [1.29, 1.82) is 0 Å². The molecule has 0 amide bonds. The van der Waals surface area contributed by atoms with E-state index in [-0.39, 0.29) is 6.04 Å². The molecule has 2 aromatic heterocycles. The SMILES string of the molecule is Cc1cc(C)nc(N2CCC[C@H]2c2cc(N)nc(C)n2)n1. The maximum atomic E-state index is 5.86. The van der Waals surface area contributed by atoms with Gasteiger partial charge in [-0.3, -0.25) is 0 Å². The Balaban J connectivity index is 1.98. The van der Waals surface area contributed by atoms with Crippen molar-refractivity contribution in [1.82, 2.24) is 19.9 Å². The van der Waals surface area contributed by atoms with Crippen molar-refractivity contribution in [3.63, 3.8) is 0 Å². The molecule has 0 saturated carbocycles. The predicted octanol–water partition coefficient (Wildman–Crippen LogP) is 2.12. The minimum Gasteiger partial charge on any atom is -0.384 e. The summed E-state index contributed by atoms with van der Waals surface area (Å²) in [4.78, 5) is 20.1. The fourth-order valence-electron chi connectivity index (χ4n) is 2.93. The van der Waals surface area contributed by atoms with Crippen molar-refractivity contribution >= 4 is 11.8 Å². The van der Waals surface area contributed by atoms with E-state index in [0.29, 0.717) is 11.6 Å². The summed E-state index contributed by atoms with van der Waals surface area (Å²) in [6.45, 7) is 6.80. The summed E-state index contributed by atoms with van der Waals surface area (Å²) in [5.74, 6) is 2.01. The lowest BCUT2D eigenvalue weighted by molar-refractivity contribution is 0.671. The second kappa shape index (κ2) is 5.27. The molecule has 21 heavy (non-hydrogen) atoms. The monoisotopic (exact) mass is 284 g/mol. The van der Waals surface area contributed by atoms with Crippen molar-refractivity contribution < 1.29 is 0 Å². The van der Waals surface area contributed by atoms with Crippen LogP contribution in [0, 0.1) is 20.8 Å². The fourth-order valence-corrected chi connectivity index (χ4v) is 2.93. The van der Waals surface area contributed by atoms with E-state index in [1.165, 1.54) is 0 Å². The molecular formula is C15H20N6. The molecule has 3 heterocycles. The molecule has 6 heteroatoms. The van der Waals surface area contributed by atoms with Crippen LogP contribution < -0.4 is 10.6 Å². The maximum Gasteiger partial charge on any atom is 0.226 e. The van der Waals surface area contributed by atoms with E-state index in [9.17, 15) is 0 Å². The molecule has 0 aliphatic carbocycles. The van der Waals surface area contributed by atoms with Gasteiger partial charge in [0.15, 0.2) is 0 Å². The number of aryl methyl sites for hydroxylation is 3. The second-order valence-corrected chi connectivity index (χ2v) is 5.57. The third kappa shape index (κ3) is 2.79. The van der Waals surface area contributed by atoms with E-state index in [4.69, 9.17) is 5.73 Å². The Kier molecular flexibility index (Phi) is 3.45. The summed E-state index contributed by atoms with van der Waals surface area (Å²) in [6, 6.07) is 4.02. The van der Waals surface area contributed by atoms with E-state index < -0.39 is 0 Å². The molecule has 0 unspecified atom stereocenters. The van der Waals surface area contributed by atoms with Gasteiger partial charge in [-0.2, -0.15) is 0 Å². The van der Waals surface area contributed by atoms with Crippen molar-refractivity contribution in [2.75, 3.05) is 17.2 Å². The first-order valence-electron chi connectivity index (χ1n) is 7.23. The molecule has 1 aliphatic rings. The first-order valence-corrected chi connectivity index (χ1v) is 7.23. The van der Waals surface area contributed by atoms with Gasteiger partial charge in [-0.15, -0.1) is 0 Å². The van der Waals surface area contributed by atoms with Gasteiger partial charge >= 0.3 is 0 Å². The number of hydrogen-bond donors (Lipinski definition) is 1. The third-order valence-corrected chi connectivity index (χ3v) is 3.70. The van der Waals surface area contributed by atoms with Gasteiger partial charge in [-0.05, 0) is 39.7 Å². The summed E-state index contributed by atoms with van der Waals surface area (Å²) in [6.07, 6.45) is 2.14. The Morgan fingerprint density at radius 3 is 2.43 bits per heavy atom. The Labute approximate surface area is 124 Å². The van der Waals surface area contributed by atoms with Gasteiger partial charge in [-0.25, -0.2) is 19.9 Å². The van der Waals surface area contributed by atoms with Gasteiger partial charge in [0.05, 0.1) is 11.7 Å². The number of aromatic nitrogens is 4. The van der Waals surface area contributed by atoms with Gasteiger partial charge in [-0.1, -0.05) is 0 Å². The third-order valence-electron chi connectivity index (χ3n) is 3.70. The zero-order valence-electron chi connectivity index (χ0n) is 12.7. The number of nitrogens with two attached hydrogens (primary N) is 1. The minimum atomic E-state index is 0.176. The van der Waals surface area contributed by atoms with E-state index in [1.807, 2.05) is 32.9 Å². The van der Waals surface area contributed by atoms with Crippen molar-refractivity contribution in [3.8, 4) is 0 Å². The van der Waals surface area contributed by atoms with Crippen molar-refractivity contribution in [2.24, 2.45) is 0 Å². The van der Waals surface area contributed by atoms with Crippen LogP contribution in [0.25, 0.3) is 0 Å². The quantitative estimate of drug-likeness (QED) is 0.909. The number of nitrogen functional groups attached to an aromatic ring is 1. The minimum absolute atomic E-state index is 0.176. The molecule has 0 aromatic carbocycles. The first-order chi connectivity index (χ1) is 10.0. The number of anilines is 2. The number of hydrogen-bond acceptors (Lipinski definition) is 6. The Morgan fingerprint density at radius 2 is 1.76 bits per heavy atom. The molecule has 1 aliphatic heterocycles. The van der Waals surface area contributed by atoms with Gasteiger partial charge in [0.1, 0.15) is 11.6 Å². The smallest absolute Gasteiger partial charge is 0.226 e. The molecule has 3 rings (SSSR count). The second-order valence-electron chi connectivity index (χ2n) is 5.57. The van der Waals surface area contributed by atoms with Crippen LogP contribution in [0.5, 0.6) is 0 Å². The highest BCUT2D eigenvalue weighted by Gasteiger charge is 2.29.